The molecule has 0 spiro atoms. The van der Waals surface area contributed by atoms with E-state index in [4.69, 9.17) is 0 Å². The van der Waals surface area contributed by atoms with Crippen LogP contribution in [-0.4, -0.2) is 11.2 Å². The molecule has 0 heterocycles. The molecular formula is C10H11O. The minimum Gasteiger partial charge on any atom is -0.392 e. The monoisotopic (exact) mass is 147 g/mol. The first kappa shape index (κ1) is 6.86. The second kappa shape index (κ2) is 2.67. The van der Waals surface area contributed by atoms with Crippen molar-refractivity contribution in [1.82, 2.24) is 0 Å². The molecule has 1 aromatic rings. The summed E-state index contributed by atoms with van der Waals surface area (Å²) in [6.07, 6.45) is 3.43. The van der Waals surface area contributed by atoms with Gasteiger partial charge < -0.3 is 5.11 Å². The Labute approximate surface area is 66.7 Å². The van der Waals surface area contributed by atoms with Crippen molar-refractivity contribution in [2.24, 2.45) is 0 Å². The highest BCUT2D eigenvalue weighted by atomic mass is 16.3. The lowest BCUT2D eigenvalue weighted by Crippen LogP contribution is -2.18. The SMILES string of the molecule is OC1[CH]Cc2ccccc2C1. The highest BCUT2D eigenvalue weighted by Gasteiger charge is 2.14. The van der Waals surface area contributed by atoms with Gasteiger partial charge in [0.15, 0.2) is 0 Å². The lowest BCUT2D eigenvalue weighted by molar-refractivity contribution is 0.200. The van der Waals surface area contributed by atoms with Gasteiger partial charge in [-0.05, 0) is 30.4 Å². The number of hydrogen-bond acceptors (Lipinski definition) is 1. The molecule has 0 amide bonds. The van der Waals surface area contributed by atoms with Crippen LogP contribution in [0.2, 0.25) is 0 Å². The minimum absolute atomic E-state index is 0.232. The predicted octanol–water partition coefficient (Wildman–Crippen LogP) is 1.35. The van der Waals surface area contributed by atoms with E-state index in [9.17, 15) is 5.11 Å². The first-order valence-electron chi connectivity index (χ1n) is 3.94. The Balaban J connectivity index is 2.34. The van der Waals surface area contributed by atoms with Crippen LogP contribution >= 0.6 is 0 Å². The number of aliphatic hydroxyl groups excluding tert-OH is 1. The first-order valence-corrected chi connectivity index (χ1v) is 3.94. The summed E-state index contributed by atoms with van der Waals surface area (Å²) in [5, 5.41) is 9.30. The third-order valence-electron chi connectivity index (χ3n) is 2.16. The fourth-order valence-electron chi connectivity index (χ4n) is 1.53. The van der Waals surface area contributed by atoms with Crippen molar-refractivity contribution in [3.63, 3.8) is 0 Å². The third kappa shape index (κ3) is 1.29. The molecule has 0 saturated heterocycles. The number of benzene rings is 1. The van der Waals surface area contributed by atoms with E-state index in [-0.39, 0.29) is 6.10 Å². The summed E-state index contributed by atoms with van der Waals surface area (Å²) in [6, 6.07) is 8.28. The third-order valence-corrected chi connectivity index (χ3v) is 2.16. The van der Waals surface area contributed by atoms with Crippen LogP contribution in [0.1, 0.15) is 11.1 Å². The van der Waals surface area contributed by atoms with E-state index < -0.39 is 0 Å². The Morgan fingerprint density at radius 3 is 2.73 bits per heavy atom. The van der Waals surface area contributed by atoms with E-state index in [2.05, 4.69) is 12.1 Å². The van der Waals surface area contributed by atoms with Gasteiger partial charge in [0.25, 0.3) is 0 Å². The summed E-state index contributed by atoms with van der Waals surface area (Å²) in [4.78, 5) is 0. The van der Waals surface area contributed by atoms with Crippen molar-refractivity contribution >= 4 is 0 Å². The van der Waals surface area contributed by atoms with Crippen molar-refractivity contribution in [1.29, 1.82) is 0 Å². The number of fused-ring (bicyclic) bond motifs is 1. The summed E-state index contributed by atoms with van der Waals surface area (Å²) < 4.78 is 0. The minimum atomic E-state index is -0.232. The van der Waals surface area contributed by atoms with Gasteiger partial charge in [-0.15, -0.1) is 0 Å². The molecule has 1 unspecified atom stereocenters. The predicted molar refractivity (Wildman–Crippen MR) is 44.2 cm³/mol. The molecule has 1 aliphatic rings. The molecule has 57 valence electrons. The van der Waals surface area contributed by atoms with Crippen molar-refractivity contribution in [3.05, 3.63) is 41.8 Å². The van der Waals surface area contributed by atoms with Gasteiger partial charge in [0, 0.05) is 0 Å². The lowest BCUT2D eigenvalue weighted by atomic mass is 9.90. The van der Waals surface area contributed by atoms with Gasteiger partial charge in [0.2, 0.25) is 0 Å². The molecule has 2 rings (SSSR count). The normalized spacial score (nSPS) is 22.8. The van der Waals surface area contributed by atoms with E-state index >= 15 is 0 Å². The van der Waals surface area contributed by atoms with Gasteiger partial charge in [-0.25, -0.2) is 0 Å². The molecule has 0 bridgehead atoms. The fourth-order valence-corrected chi connectivity index (χ4v) is 1.53. The Morgan fingerprint density at radius 2 is 1.91 bits per heavy atom. The zero-order valence-electron chi connectivity index (χ0n) is 6.33. The van der Waals surface area contributed by atoms with Gasteiger partial charge in [0.1, 0.15) is 0 Å². The average Bonchev–Trinajstić information content (AvgIpc) is 2.04. The molecule has 1 heteroatoms. The summed E-state index contributed by atoms with van der Waals surface area (Å²) >= 11 is 0. The number of aliphatic hydroxyl groups is 1. The Kier molecular flexibility index (Phi) is 1.66. The molecule has 0 saturated carbocycles. The van der Waals surface area contributed by atoms with Gasteiger partial charge >= 0.3 is 0 Å². The van der Waals surface area contributed by atoms with Gasteiger partial charge in [-0.2, -0.15) is 0 Å². The summed E-state index contributed by atoms with van der Waals surface area (Å²) in [5.74, 6) is 0. The zero-order chi connectivity index (χ0) is 7.68. The molecule has 1 N–H and O–H groups in total. The summed E-state index contributed by atoms with van der Waals surface area (Å²) in [7, 11) is 0. The number of hydrogen-bond donors (Lipinski definition) is 1. The van der Waals surface area contributed by atoms with Crippen molar-refractivity contribution in [2.75, 3.05) is 0 Å². The molecule has 1 aliphatic carbocycles. The van der Waals surface area contributed by atoms with Gasteiger partial charge in [-0.3, -0.25) is 0 Å². The van der Waals surface area contributed by atoms with E-state index in [1.165, 1.54) is 11.1 Å². The average molecular weight is 147 g/mol. The van der Waals surface area contributed by atoms with Crippen LogP contribution in [0.25, 0.3) is 0 Å². The Bertz CT molecular complexity index is 255. The Hall–Kier alpha value is -0.820. The van der Waals surface area contributed by atoms with Crippen LogP contribution in [0.15, 0.2) is 24.3 Å². The molecule has 0 aliphatic heterocycles. The van der Waals surface area contributed by atoms with Gasteiger partial charge in [-0.1, -0.05) is 24.3 Å². The van der Waals surface area contributed by atoms with Crippen LogP contribution in [0.5, 0.6) is 0 Å². The topological polar surface area (TPSA) is 20.2 Å². The standard InChI is InChI=1S/C10H11O/c11-10-6-5-8-3-1-2-4-9(8)7-10/h1-4,6,10-11H,5,7H2. The van der Waals surface area contributed by atoms with Crippen LogP contribution in [0.4, 0.5) is 0 Å². The largest absolute Gasteiger partial charge is 0.392 e. The fraction of sp³-hybridized carbons (Fsp3) is 0.300. The van der Waals surface area contributed by atoms with E-state index in [1.54, 1.807) is 0 Å². The molecule has 1 nitrogen and oxygen atoms in total. The zero-order valence-corrected chi connectivity index (χ0v) is 6.33. The van der Waals surface area contributed by atoms with Gasteiger partial charge in [0.05, 0.1) is 6.10 Å². The maximum atomic E-state index is 9.30. The van der Waals surface area contributed by atoms with Crippen LogP contribution in [0, 0.1) is 6.42 Å². The molecule has 1 radical (unpaired) electrons. The number of rotatable bonds is 0. The molecule has 11 heavy (non-hydrogen) atoms. The van der Waals surface area contributed by atoms with Crippen molar-refractivity contribution < 1.29 is 5.11 Å². The second-order valence-corrected chi connectivity index (χ2v) is 2.98. The van der Waals surface area contributed by atoms with Crippen molar-refractivity contribution in [3.8, 4) is 0 Å². The van der Waals surface area contributed by atoms with Crippen molar-refractivity contribution in [2.45, 2.75) is 18.9 Å². The summed E-state index contributed by atoms with van der Waals surface area (Å²) in [6.45, 7) is 0. The summed E-state index contributed by atoms with van der Waals surface area (Å²) in [5.41, 5.74) is 2.65. The second-order valence-electron chi connectivity index (χ2n) is 2.98. The maximum Gasteiger partial charge on any atom is 0.0615 e. The van der Waals surface area contributed by atoms with E-state index in [0.29, 0.717) is 0 Å². The molecule has 1 aromatic carbocycles. The smallest absolute Gasteiger partial charge is 0.0615 e. The Morgan fingerprint density at radius 1 is 1.18 bits per heavy atom. The highest BCUT2D eigenvalue weighted by Crippen LogP contribution is 2.19. The lowest BCUT2D eigenvalue weighted by Gasteiger charge is -2.19. The molecular weight excluding hydrogens is 136 g/mol. The quantitative estimate of drug-likeness (QED) is 0.587. The van der Waals surface area contributed by atoms with Crippen LogP contribution < -0.4 is 0 Å². The first-order chi connectivity index (χ1) is 5.36. The van der Waals surface area contributed by atoms with E-state index in [0.717, 1.165) is 12.8 Å². The molecule has 1 atom stereocenters. The van der Waals surface area contributed by atoms with E-state index in [1.807, 2.05) is 18.6 Å². The molecule has 0 aromatic heterocycles. The van der Waals surface area contributed by atoms with Crippen LogP contribution in [0.3, 0.4) is 0 Å². The maximum absolute atomic E-state index is 9.30. The molecule has 0 fully saturated rings. The highest BCUT2D eigenvalue weighted by molar-refractivity contribution is 5.32. The van der Waals surface area contributed by atoms with Crippen LogP contribution in [-0.2, 0) is 12.8 Å².